The molecule has 3 aromatic rings. The minimum absolute atomic E-state index is 0.191. The fourth-order valence-corrected chi connectivity index (χ4v) is 3.48. The molecule has 4 nitrogen and oxygen atoms in total. The van der Waals surface area contributed by atoms with Gasteiger partial charge in [-0.25, -0.2) is 4.98 Å². The second-order valence-electron chi connectivity index (χ2n) is 5.64. The molecule has 0 aliphatic carbocycles. The van der Waals surface area contributed by atoms with Crippen molar-refractivity contribution in [3.8, 4) is 17.1 Å². The van der Waals surface area contributed by atoms with E-state index in [0.29, 0.717) is 17.0 Å². The lowest BCUT2D eigenvalue weighted by atomic mass is 10.3. The highest BCUT2D eigenvalue weighted by Crippen LogP contribution is 2.36. The molecule has 3 aromatic heterocycles. The van der Waals surface area contributed by atoms with Gasteiger partial charge in [-0.1, -0.05) is 6.92 Å². The summed E-state index contributed by atoms with van der Waals surface area (Å²) in [5, 5.41) is 0.837. The molecule has 0 saturated carbocycles. The van der Waals surface area contributed by atoms with Gasteiger partial charge in [-0.2, -0.15) is 22.0 Å². The van der Waals surface area contributed by atoms with Crippen molar-refractivity contribution in [2.24, 2.45) is 0 Å². The molecular formula is C17H13BrF5N3OS. The summed E-state index contributed by atoms with van der Waals surface area (Å²) < 4.78 is 69.9. The standard InChI is InChI=1S/C17H13BrF5N3OS/c1-2-28-15-14(25-13-6-3-10(18)8-26(13)15)12-5-4-11(7-24-12)27-9-16(19,20)17(21,22)23/h3-8H,2,9H2,1H3. The molecule has 0 aliphatic rings. The first-order valence-corrected chi connectivity index (χ1v) is 9.74. The molecule has 0 aromatic carbocycles. The molecule has 0 radical (unpaired) electrons. The molecule has 0 atom stereocenters. The topological polar surface area (TPSA) is 39.4 Å². The molecule has 3 heterocycles. The molecule has 3 rings (SSSR count). The van der Waals surface area contributed by atoms with Crippen LogP contribution in [-0.4, -0.2) is 38.8 Å². The van der Waals surface area contributed by atoms with Gasteiger partial charge in [-0.15, -0.1) is 11.8 Å². The fraction of sp³-hybridized carbons (Fsp3) is 0.294. The normalized spacial score (nSPS) is 12.5. The number of rotatable bonds is 6. The Hall–Kier alpha value is -1.88. The number of nitrogens with zero attached hydrogens (tertiary/aromatic N) is 3. The second-order valence-corrected chi connectivity index (χ2v) is 7.81. The molecule has 0 spiro atoms. The third kappa shape index (κ3) is 4.24. The van der Waals surface area contributed by atoms with Crippen molar-refractivity contribution in [2.45, 2.75) is 24.0 Å². The number of alkyl halides is 5. The van der Waals surface area contributed by atoms with Crippen LogP contribution >= 0.6 is 27.7 Å². The van der Waals surface area contributed by atoms with E-state index in [9.17, 15) is 22.0 Å². The largest absolute Gasteiger partial charge is 0.485 e. The van der Waals surface area contributed by atoms with E-state index in [2.05, 4.69) is 30.6 Å². The van der Waals surface area contributed by atoms with Crippen molar-refractivity contribution in [3.63, 3.8) is 0 Å². The van der Waals surface area contributed by atoms with Gasteiger partial charge < -0.3 is 4.74 Å². The molecule has 0 aliphatic heterocycles. The maximum atomic E-state index is 13.0. The molecule has 11 heteroatoms. The van der Waals surface area contributed by atoms with Crippen molar-refractivity contribution in [1.82, 2.24) is 14.4 Å². The number of hydrogen-bond donors (Lipinski definition) is 0. The summed E-state index contributed by atoms with van der Waals surface area (Å²) in [7, 11) is 0. The van der Waals surface area contributed by atoms with E-state index in [1.165, 1.54) is 12.1 Å². The van der Waals surface area contributed by atoms with Crippen molar-refractivity contribution < 1.29 is 26.7 Å². The van der Waals surface area contributed by atoms with E-state index >= 15 is 0 Å². The smallest absolute Gasteiger partial charge is 0.456 e. The van der Waals surface area contributed by atoms with Crippen LogP contribution in [0, 0.1) is 0 Å². The lowest BCUT2D eigenvalue weighted by molar-refractivity contribution is -0.290. The number of fused-ring (bicyclic) bond motifs is 1. The molecule has 0 bridgehead atoms. The summed E-state index contributed by atoms with van der Waals surface area (Å²) >= 11 is 4.95. The highest BCUT2D eigenvalue weighted by atomic mass is 79.9. The Morgan fingerprint density at radius 3 is 2.50 bits per heavy atom. The van der Waals surface area contributed by atoms with Gasteiger partial charge in [0, 0.05) is 10.7 Å². The van der Waals surface area contributed by atoms with Gasteiger partial charge in [0.1, 0.15) is 22.1 Å². The van der Waals surface area contributed by atoms with E-state index in [4.69, 9.17) is 0 Å². The van der Waals surface area contributed by atoms with Crippen LogP contribution in [0.2, 0.25) is 0 Å². The van der Waals surface area contributed by atoms with E-state index in [1.807, 2.05) is 29.7 Å². The van der Waals surface area contributed by atoms with Crippen molar-refractivity contribution in [1.29, 1.82) is 0 Å². The van der Waals surface area contributed by atoms with Crippen molar-refractivity contribution in [2.75, 3.05) is 12.4 Å². The minimum atomic E-state index is -5.67. The predicted octanol–water partition coefficient (Wildman–Crippen LogP) is 5.85. The Bertz CT molecular complexity index is 975. The summed E-state index contributed by atoms with van der Waals surface area (Å²) in [4.78, 5) is 8.66. The molecule has 0 fully saturated rings. The maximum absolute atomic E-state index is 13.0. The highest BCUT2D eigenvalue weighted by Gasteiger charge is 2.58. The Morgan fingerprint density at radius 1 is 1.14 bits per heavy atom. The zero-order valence-corrected chi connectivity index (χ0v) is 16.7. The Labute approximate surface area is 169 Å². The average molecular weight is 482 g/mol. The number of hydrogen-bond acceptors (Lipinski definition) is 4. The van der Waals surface area contributed by atoms with Gasteiger partial charge in [0.25, 0.3) is 0 Å². The van der Waals surface area contributed by atoms with Crippen LogP contribution in [0.1, 0.15) is 6.92 Å². The molecular weight excluding hydrogens is 469 g/mol. The zero-order chi connectivity index (χ0) is 20.5. The van der Waals surface area contributed by atoms with Gasteiger partial charge in [0.05, 0.1) is 11.9 Å². The Morgan fingerprint density at radius 2 is 1.89 bits per heavy atom. The van der Waals surface area contributed by atoms with Crippen LogP contribution in [0.3, 0.4) is 0 Å². The van der Waals surface area contributed by atoms with Crippen LogP contribution < -0.4 is 4.74 Å². The van der Waals surface area contributed by atoms with Crippen molar-refractivity contribution in [3.05, 3.63) is 41.1 Å². The number of pyridine rings is 2. The third-order valence-electron chi connectivity index (χ3n) is 3.63. The van der Waals surface area contributed by atoms with Gasteiger partial charge in [-0.3, -0.25) is 9.38 Å². The van der Waals surface area contributed by atoms with Gasteiger partial charge in [0.2, 0.25) is 0 Å². The molecule has 0 saturated heterocycles. The summed E-state index contributed by atoms with van der Waals surface area (Å²) in [5.41, 5.74) is 1.73. The summed E-state index contributed by atoms with van der Waals surface area (Å²) in [6, 6.07) is 6.43. The number of ether oxygens (including phenoxy) is 1. The lowest BCUT2D eigenvalue weighted by Gasteiger charge is -2.19. The van der Waals surface area contributed by atoms with Crippen LogP contribution in [0.25, 0.3) is 17.0 Å². The van der Waals surface area contributed by atoms with E-state index in [1.54, 1.807) is 11.8 Å². The maximum Gasteiger partial charge on any atom is 0.456 e. The molecule has 28 heavy (non-hydrogen) atoms. The Balaban J connectivity index is 1.86. The number of halogens is 6. The first kappa shape index (κ1) is 20.8. The molecule has 0 unspecified atom stereocenters. The van der Waals surface area contributed by atoms with Gasteiger partial charge >= 0.3 is 12.1 Å². The van der Waals surface area contributed by atoms with Crippen LogP contribution in [0.5, 0.6) is 5.75 Å². The van der Waals surface area contributed by atoms with Gasteiger partial charge in [0.15, 0.2) is 6.61 Å². The van der Waals surface area contributed by atoms with Crippen LogP contribution in [0.15, 0.2) is 46.2 Å². The van der Waals surface area contributed by atoms with Crippen LogP contribution in [-0.2, 0) is 0 Å². The molecule has 0 amide bonds. The third-order valence-corrected chi connectivity index (χ3v) is 5.05. The van der Waals surface area contributed by atoms with Crippen molar-refractivity contribution >= 4 is 33.3 Å². The van der Waals surface area contributed by atoms with E-state index in [0.717, 1.165) is 21.4 Å². The summed E-state index contributed by atoms with van der Waals surface area (Å²) in [6.07, 6.45) is -2.71. The van der Waals surface area contributed by atoms with Crippen LogP contribution in [0.4, 0.5) is 22.0 Å². The quantitative estimate of drug-likeness (QED) is 0.327. The SMILES string of the molecule is CCSc1c(-c2ccc(OCC(F)(F)C(F)(F)F)cn2)nc2ccc(Br)cn12. The predicted molar refractivity (Wildman–Crippen MR) is 99.0 cm³/mol. The number of imidazole rings is 1. The number of aromatic nitrogens is 3. The van der Waals surface area contributed by atoms with E-state index in [-0.39, 0.29) is 5.75 Å². The number of thioether (sulfide) groups is 1. The van der Waals surface area contributed by atoms with E-state index < -0.39 is 18.7 Å². The second kappa shape index (κ2) is 7.86. The summed E-state index contributed by atoms with van der Waals surface area (Å²) in [6.45, 7) is 0.174. The van der Waals surface area contributed by atoms with Gasteiger partial charge in [-0.05, 0) is 45.9 Å². The average Bonchev–Trinajstić information content (AvgIpc) is 2.98. The molecule has 0 N–H and O–H groups in total. The lowest BCUT2D eigenvalue weighted by Crippen LogP contribution is -2.41. The first-order valence-electron chi connectivity index (χ1n) is 7.96. The Kier molecular flexibility index (Phi) is 5.85. The first-order chi connectivity index (χ1) is 13.1. The summed E-state index contributed by atoms with van der Waals surface area (Å²) in [5.74, 6) is -4.35. The zero-order valence-electron chi connectivity index (χ0n) is 14.3. The monoisotopic (exact) mass is 481 g/mol. The molecule has 150 valence electrons. The minimum Gasteiger partial charge on any atom is -0.485 e. The highest BCUT2D eigenvalue weighted by molar-refractivity contribution is 9.10. The fourth-order valence-electron chi connectivity index (χ4n) is 2.30.